The van der Waals surface area contributed by atoms with Crippen molar-refractivity contribution in [3.05, 3.63) is 61.8 Å². The predicted octanol–water partition coefficient (Wildman–Crippen LogP) is 3.66. The Bertz CT molecular complexity index is 693. The van der Waals surface area contributed by atoms with Crippen molar-refractivity contribution in [2.24, 2.45) is 0 Å². The minimum absolute atomic E-state index is 0.00650. The van der Waals surface area contributed by atoms with Gasteiger partial charge in [0.1, 0.15) is 10.7 Å². The molecule has 1 aromatic heterocycles. The second-order valence-electron chi connectivity index (χ2n) is 3.71. The average molecular weight is 357 g/mol. The number of nitrogens with one attached hydrogen (secondary N) is 1. The van der Waals surface area contributed by atoms with Crippen LogP contribution in [0.15, 0.2) is 41.0 Å². The minimum atomic E-state index is -0.616. The smallest absolute Gasteiger partial charge is 0.289 e. The van der Waals surface area contributed by atoms with E-state index in [1.165, 1.54) is 24.4 Å². The number of carbonyl (C=O) groups excluding carboxylic acids is 1. The largest absolute Gasteiger partial charge is 0.320 e. The monoisotopic (exact) mass is 355 g/mol. The molecule has 0 aliphatic rings. The summed E-state index contributed by atoms with van der Waals surface area (Å²) in [5, 5.41) is 13.3. The zero-order chi connectivity index (χ0) is 14.7. The Kier molecular flexibility index (Phi) is 4.31. The van der Waals surface area contributed by atoms with Crippen LogP contribution in [0.5, 0.6) is 0 Å². The molecule has 0 unspecified atom stereocenters. The van der Waals surface area contributed by atoms with Gasteiger partial charge in [-0.15, -0.1) is 0 Å². The zero-order valence-electron chi connectivity index (χ0n) is 9.84. The van der Waals surface area contributed by atoms with Gasteiger partial charge in [0.2, 0.25) is 0 Å². The maximum atomic E-state index is 12.0. The number of nitrogens with zero attached hydrogens (tertiary/aromatic N) is 2. The van der Waals surface area contributed by atoms with Gasteiger partial charge in [0.15, 0.2) is 0 Å². The Morgan fingerprint density at radius 3 is 2.80 bits per heavy atom. The number of benzene rings is 1. The molecule has 0 radical (unpaired) electrons. The van der Waals surface area contributed by atoms with Gasteiger partial charge in [-0.05, 0) is 40.2 Å². The molecule has 0 fully saturated rings. The van der Waals surface area contributed by atoms with Gasteiger partial charge in [0.25, 0.3) is 11.6 Å². The van der Waals surface area contributed by atoms with Crippen LogP contribution in [0.25, 0.3) is 0 Å². The van der Waals surface area contributed by atoms with Crippen LogP contribution < -0.4 is 5.32 Å². The van der Waals surface area contributed by atoms with Crippen LogP contribution in [0.3, 0.4) is 0 Å². The number of amides is 1. The van der Waals surface area contributed by atoms with Crippen molar-refractivity contribution in [3.8, 4) is 0 Å². The number of hydrogen-bond acceptors (Lipinski definition) is 4. The van der Waals surface area contributed by atoms with E-state index in [4.69, 9.17) is 11.6 Å². The summed E-state index contributed by atoms with van der Waals surface area (Å²) in [6.45, 7) is 0. The third kappa shape index (κ3) is 3.12. The summed E-state index contributed by atoms with van der Waals surface area (Å²) in [4.78, 5) is 26.1. The first-order chi connectivity index (χ1) is 9.49. The van der Waals surface area contributed by atoms with Crippen molar-refractivity contribution in [1.82, 2.24) is 4.98 Å². The van der Waals surface area contributed by atoms with Crippen molar-refractivity contribution in [2.45, 2.75) is 0 Å². The highest BCUT2D eigenvalue weighted by Gasteiger charge is 2.16. The number of anilines is 1. The lowest BCUT2D eigenvalue weighted by Crippen LogP contribution is -2.14. The highest BCUT2D eigenvalue weighted by atomic mass is 79.9. The molecule has 0 saturated heterocycles. The second kappa shape index (κ2) is 5.98. The molecule has 2 aromatic rings. The van der Waals surface area contributed by atoms with Gasteiger partial charge in [-0.25, -0.2) is 4.98 Å². The molecule has 1 heterocycles. The number of halogens is 2. The van der Waals surface area contributed by atoms with Gasteiger partial charge >= 0.3 is 0 Å². The van der Waals surface area contributed by atoms with E-state index in [0.717, 1.165) is 0 Å². The molecule has 0 aliphatic heterocycles. The van der Waals surface area contributed by atoms with Gasteiger partial charge in [0.05, 0.1) is 4.92 Å². The zero-order valence-corrected chi connectivity index (χ0v) is 12.2. The molecular formula is C12H7BrClN3O3. The standard InChI is InChI=1S/C12H7BrClN3O3/c13-8-2-1-5-15-11(8)12(18)16-7-3-4-9(14)10(6-7)17(19)20/h1-6H,(H,16,18). The maximum Gasteiger partial charge on any atom is 0.289 e. The number of rotatable bonds is 3. The van der Waals surface area contributed by atoms with Crippen molar-refractivity contribution in [3.63, 3.8) is 0 Å². The molecule has 6 nitrogen and oxygen atoms in total. The van der Waals surface area contributed by atoms with E-state index in [9.17, 15) is 14.9 Å². The molecule has 0 aliphatic carbocycles. The van der Waals surface area contributed by atoms with E-state index < -0.39 is 10.8 Å². The van der Waals surface area contributed by atoms with E-state index in [-0.39, 0.29) is 22.1 Å². The summed E-state index contributed by atoms with van der Waals surface area (Å²) in [7, 11) is 0. The molecule has 0 atom stereocenters. The van der Waals surface area contributed by atoms with Crippen molar-refractivity contribution in [1.29, 1.82) is 0 Å². The van der Waals surface area contributed by atoms with E-state index >= 15 is 0 Å². The molecule has 0 spiro atoms. The Balaban J connectivity index is 2.27. The summed E-state index contributed by atoms with van der Waals surface area (Å²) >= 11 is 8.90. The highest BCUT2D eigenvalue weighted by molar-refractivity contribution is 9.10. The Hall–Kier alpha value is -1.99. The summed E-state index contributed by atoms with van der Waals surface area (Å²) in [5.41, 5.74) is 0.179. The Morgan fingerprint density at radius 1 is 1.40 bits per heavy atom. The molecule has 1 aromatic carbocycles. The number of hydrogen-bond donors (Lipinski definition) is 1. The summed E-state index contributed by atoms with van der Waals surface area (Å²) in [6.07, 6.45) is 1.48. The summed E-state index contributed by atoms with van der Waals surface area (Å²) < 4.78 is 0.529. The third-order valence-corrected chi connectivity index (χ3v) is 3.33. The van der Waals surface area contributed by atoms with E-state index in [1.807, 2.05) is 0 Å². The number of carbonyl (C=O) groups is 1. The predicted molar refractivity (Wildman–Crippen MR) is 78.0 cm³/mol. The lowest BCUT2D eigenvalue weighted by molar-refractivity contribution is -0.384. The maximum absolute atomic E-state index is 12.0. The fourth-order valence-electron chi connectivity index (χ4n) is 1.47. The molecular weight excluding hydrogens is 350 g/mol. The molecule has 1 amide bonds. The Labute approximate surface area is 127 Å². The van der Waals surface area contributed by atoms with Gasteiger partial charge in [-0.1, -0.05) is 11.6 Å². The average Bonchev–Trinajstić information content (AvgIpc) is 2.41. The molecule has 102 valence electrons. The minimum Gasteiger partial charge on any atom is -0.320 e. The first-order valence-corrected chi connectivity index (χ1v) is 6.52. The van der Waals surface area contributed by atoms with Crippen molar-refractivity contribution < 1.29 is 9.72 Å². The lowest BCUT2D eigenvalue weighted by Gasteiger charge is -2.06. The normalized spacial score (nSPS) is 10.1. The van der Waals surface area contributed by atoms with Crippen LogP contribution in [-0.2, 0) is 0 Å². The fraction of sp³-hybridized carbons (Fsp3) is 0. The van der Waals surface area contributed by atoms with Crippen LogP contribution in [0.4, 0.5) is 11.4 Å². The quantitative estimate of drug-likeness (QED) is 0.672. The van der Waals surface area contributed by atoms with Crippen LogP contribution in [0, 0.1) is 10.1 Å². The first kappa shape index (κ1) is 14.4. The van der Waals surface area contributed by atoms with Crippen molar-refractivity contribution >= 4 is 44.8 Å². The molecule has 20 heavy (non-hydrogen) atoms. The molecule has 1 N–H and O–H groups in total. The van der Waals surface area contributed by atoms with Crippen molar-refractivity contribution in [2.75, 3.05) is 5.32 Å². The number of aromatic nitrogens is 1. The van der Waals surface area contributed by atoms with Gasteiger partial charge in [-0.3, -0.25) is 14.9 Å². The topological polar surface area (TPSA) is 85.1 Å². The number of nitro groups is 1. The van der Waals surface area contributed by atoms with E-state index in [1.54, 1.807) is 12.1 Å². The van der Waals surface area contributed by atoms with Gasteiger partial charge in [-0.2, -0.15) is 0 Å². The second-order valence-corrected chi connectivity index (χ2v) is 4.97. The molecule has 0 saturated carbocycles. The first-order valence-electron chi connectivity index (χ1n) is 5.35. The number of nitro benzene ring substituents is 1. The Morgan fingerprint density at radius 2 is 2.15 bits per heavy atom. The number of pyridine rings is 1. The fourth-order valence-corrected chi connectivity index (χ4v) is 2.10. The lowest BCUT2D eigenvalue weighted by atomic mass is 10.2. The molecule has 2 rings (SSSR count). The molecule has 8 heteroatoms. The summed E-state index contributed by atoms with van der Waals surface area (Å²) in [5.74, 6) is -0.478. The van der Waals surface area contributed by atoms with Crippen LogP contribution in [-0.4, -0.2) is 15.8 Å². The van der Waals surface area contributed by atoms with E-state index in [2.05, 4.69) is 26.2 Å². The SMILES string of the molecule is O=C(Nc1ccc(Cl)c([N+](=O)[O-])c1)c1ncccc1Br. The van der Waals surface area contributed by atoms with Crippen LogP contribution in [0.1, 0.15) is 10.5 Å². The van der Waals surface area contributed by atoms with Crippen LogP contribution in [0.2, 0.25) is 5.02 Å². The molecule has 0 bridgehead atoms. The summed E-state index contributed by atoms with van der Waals surface area (Å²) in [6, 6.07) is 7.37. The highest BCUT2D eigenvalue weighted by Crippen LogP contribution is 2.27. The van der Waals surface area contributed by atoms with E-state index in [0.29, 0.717) is 4.47 Å². The van der Waals surface area contributed by atoms with Crippen LogP contribution >= 0.6 is 27.5 Å². The van der Waals surface area contributed by atoms with Gasteiger partial charge < -0.3 is 5.32 Å². The third-order valence-electron chi connectivity index (χ3n) is 2.37. The van der Waals surface area contributed by atoms with Gasteiger partial charge in [0, 0.05) is 22.4 Å².